The van der Waals surface area contributed by atoms with E-state index < -0.39 is 0 Å². The van der Waals surface area contributed by atoms with E-state index in [0.29, 0.717) is 6.54 Å². The van der Waals surface area contributed by atoms with E-state index in [2.05, 4.69) is 33.0 Å². The fourth-order valence-corrected chi connectivity index (χ4v) is 1.53. The number of unbranched alkanes of at least 4 members (excludes halogenated alkanes) is 1. The molecule has 0 rings (SSSR count). The van der Waals surface area contributed by atoms with Crippen LogP contribution in [0.5, 0.6) is 0 Å². The van der Waals surface area contributed by atoms with Crippen LogP contribution in [-0.2, 0) is 4.79 Å². The molecule has 0 bridgehead atoms. The lowest BCUT2D eigenvalue weighted by atomic mass is 10.1. The third-order valence-electron chi connectivity index (χ3n) is 2.67. The van der Waals surface area contributed by atoms with Gasteiger partial charge in [0.1, 0.15) is 11.6 Å². The summed E-state index contributed by atoms with van der Waals surface area (Å²) in [5, 5.41) is 11.8. The van der Waals surface area contributed by atoms with Gasteiger partial charge in [-0.05, 0) is 34.1 Å². The van der Waals surface area contributed by atoms with Crippen molar-refractivity contribution in [3.05, 3.63) is 11.8 Å². The molecule has 1 amide bonds. The normalized spacial score (nSPS) is 11.9. The van der Waals surface area contributed by atoms with Gasteiger partial charge in [0.05, 0.1) is 0 Å². The van der Waals surface area contributed by atoms with E-state index in [9.17, 15) is 4.79 Å². The molecule has 0 fully saturated rings. The summed E-state index contributed by atoms with van der Waals surface area (Å²) in [6.45, 7) is 11.6. The summed E-state index contributed by atoms with van der Waals surface area (Å²) in [6, 6.07) is 1.97. The van der Waals surface area contributed by atoms with E-state index in [0.717, 1.165) is 19.4 Å². The van der Waals surface area contributed by atoms with Crippen LogP contribution in [0.4, 0.5) is 0 Å². The lowest BCUT2D eigenvalue weighted by Gasteiger charge is -2.33. The molecular weight excluding hydrogens is 226 g/mol. The molecule has 0 spiro atoms. The molecule has 1 N–H and O–H groups in total. The second kappa shape index (κ2) is 7.75. The van der Waals surface area contributed by atoms with E-state index in [-0.39, 0.29) is 17.0 Å². The van der Waals surface area contributed by atoms with Gasteiger partial charge in [0.15, 0.2) is 0 Å². The van der Waals surface area contributed by atoms with E-state index in [1.165, 1.54) is 0 Å². The Morgan fingerprint density at radius 1 is 1.39 bits per heavy atom. The van der Waals surface area contributed by atoms with Crippen LogP contribution in [0.15, 0.2) is 11.8 Å². The average molecular weight is 251 g/mol. The molecule has 4 nitrogen and oxygen atoms in total. The second-order valence-corrected chi connectivity index (χ2v) is 5.22. The predicted molar refractivity (Wildman–Crippen MR) is 73.7 cm³/mol. The number of hydrogen-bond donors (Lipinski definition) is 1. The zero-order chi connectivity index (χ0) is 14.2. The smallest absolute Gasteiger partial charge is 0.263 e. The molecule has 0 atom stereocenters. The first-order valence-corrected chi connectivity index (χ1v) is 6.53. The zero-order valence-corrected chi connectivity index (χ0v) is 12.2. The summed E-state index contributed by atoms with van der Waals surface area (Å²) in [7, 11) is 0. The van der Waals surface area contributed by atoms with Crippen LogP contribution in [0.25, 0.3) is 0 Å². The molecule has 0 heterocycles. The number of nitriles is 1. The van der Waals surface area contributed by atoms with E-state index in [1.54, 1.807) is 6.20 Å². The minimum absolute atomic E-state index is 0.0967. The van der Waals surface area contributed by atoms with Gasteiger partial charge in [-0.1, -0.05) is 13.3 Å². The second-order valence-electron chi connectivity index (χ2n) is 5.22. The third-order valence-corrected chi connectivity index (χ3v) is 2.67. The molecule has 0 saturated heterocycles. The van der Waals surface area contributed by atoms with Gasteiger partial charge in [-0.3, -0.25) is 4.79 Å². The SMILES string of the molecule is CCCCNC(=O)/C(C#N)=C\N(CC)C(C)(C)C. The van der Waals surface area contributed by atoms with Gasteiger partial charge in [0, 0.05) is 24.8 Å². The first-order chi connectivity index (χ1) is 8.36. The van der Waals surface area contributed by atoms with E-state index in [4.69, 9.17) is 5.26 Å². The highest BCUT2D eigenvalue weighted by molar-refractivity contribution is 5.97. The number of hydrogen-bond acceptors (Lipinski definition) is 3. The molecule has 0 unspecified atom stereocenters. The molecule has 0 aromatic carbocycles. The van der Waals surface area contributed by atoms with Crippen molar-refractivity contribution in [2.24, 2.45) is 0 Å². The number of carbonyl (C=O) groups excluding carboxylic acids is 1. The van der Waals surface area contributed by atoms with Crippen LogP contribution >= 0.6 is 0 Å². The summed E-state index contributed by atoms with van der Waals surface area (Å²) >= 11 is 0. The van der Waals surface area contributed by atoms with Crippen molar-refractivity contribution in [3.63, 3.8) is 0 Å². The fourth-order valence-electron chi connectivity index (χ4n) is 1.53. The lowest BCUT2D eigenvalue weighted by Crippen LogP contribution is -2.38. The molecule has 18 heavy (non-hydrogen) atoms. The minimum Gasteiger partial charge on any atom is -0.372 e. The first kappa shape index (κ1) is 16.5. The predicted octanol–water partition coefficient (Wildman–Crippen LogP) is 2.43. The van der Waals surface area contributed by atoms with Gasteiger partial charge < -0.3 is 10.2 Å². The van der Waals surface area contributed by atoms with Crippen molar-refractivity contribution < 1.29 is 4.79 Å². The number of carbonyl (C=O) groups is 1. The molecule has 0 aromatic heterocycles. The molecule has 0 saturated carbocycles. The number of rotatable bonds is 6. The van der Waals surface area contributed by atoms with Crippen molar-refractivity contribution in [1.82, 2.24) is 10.2 Å². The molecule has 0 aliphatic carbocycles. The summed E-state index contributed by atoms with van der Waals surface area (Å²) in [4.78, 5) is 13.8. The van der Waals surface area contributed by atoms with E-state index >= 15 is 0 Å². The molecule has 4 heteroatoms. The van der Waals surface area contributed by atoms with Crippen molar-refractivity contribution in [3.8, 4) is 6.07 Å². The summed E-state index contributed by atoms with van der Waals surface area (Å²) < 4.78 is 0. The van der Waals surface area contributed by atoms with Crippen molar-refractivity contribution in [2.75, 3.05) is 13.1 Å². The van der Waals surface area contributed by atoms with Crippen LogP contribution in [0.3, 0.4) is 0 Å². The Morgan fingerprint density at radius 3 is 2.39 bits per heavy atom. The Bertz CT molecular complexity index is 334. The van der Waals surface area contributed by atoms with Gasteiger partial charge in [-0.25, -0.2) is 0 Å². The average Bonchev–Trinajstić information content (AvgIpc) is 2.29. The Balaban J connectivity index is 4.75. The Kier molecular flexibility index (Phi) is 7.11. The van der Waals surface area contributed by atoms with Crippen molar-refractivity contribution >= 4 is 5.91 Å². The molecule has 0 aliphatic heterocycles. The topological polar surface area (TPSA) is 56.1 Å². The lowest BCUT2D eigenvalue weighted by molar-refractivity contribution is -0.117. The van der Waals surface area contributed by atoms with Crippen LogP contribution in [0.1, 0.15) is 47.5 Å². The van der Waals surface area contributed by atoms with Crippen LogP contribution in [-0.4, -0.2) is 29.4 Å². The fraction of sp³-hybridized carbons (Fsp3) is 0.714. The van der Waals surface area contributed by atoms with Crippen molar-refractivity contribution in [1.29, 1.82) is 5.26 Å². The number of nitrogens with one attached hydrogen (secondary N) is 1. The highest BCUT2D eigenvalue weighted by atomic mass is 16.1. The Labute approximate surface area is 111 Å². The summed E-state index contributed by atoms with van der Waals surface area (Å²) in [5.74, 6) is -0.284. The summed E-state index contributed by atoms with van der Waals surface area (Å²) in [6.07, 6.45) is 3.61. The van der Waals surface area contributed by atoms with Crippen LogP contribution < -0.4 is 5.32 Å². The van der Waals surface area contributed by atoms with Gasteiger partial charge in [0.25, 0.3) is 5.91 Å². The third kappa shape index (κ3) is 5.72. The number of nitrogens with zero attached hydrogens (tertiary/aromatic N) is 2. The molecular formula is C14H25N3O. The highest BCUT2D eigenvalue weighted by Crippen LogP contribution is 2.14. The molecule has 0 radical (unpaired) electrons. The maximum atomic E-state index is 11.8. The Morgan fingerprint density at radius 2 is 2.00 bits per heavy atom. The first-order valence-electron chi connectivity index (χ1n) is 6.53. The number of amides is 1. The monoisotopic (exact) mass is 251 g/mol. The van der Waals surface area contributed by atoms with Gasteiger partial charge in [-0.15, -0.1) is 0 Å². The largest absolute Gasteiger partial charge is 0.372 e. The van der Waals surface area contributed by atoms with Crippen LogP contribution in [0.2, 0.25) is 0 Å². The Hall–Kier alpha value is -1.50. The summed E-state index contributed by atoms with van der Waals surface area (Å²) in [5.41, 5.74) is 0.0727. The molecule has 0 aromatic rings. The van der Waals surface area contributed by atoms with Gasteiger partial charge >= 0.3 is 0 Å². The molecule has 102 valence electrons. The zero-order valence-electron chi connectivity index (χ0n) is 12.2. The van der Waals surface area contributed by atoms with Crippen LogP contribution in [0, 0.1) is 11.3 Å². The van der Waals surface area contributed by atoms with Gasteiger partial charge in [-0.2, -0.15) is 5.26 Å². The molecule has 0 aliphatic rings. The minimum atomic E-state index is -0.284. The van der Waals surface area contributed by atoms with E-state index in [1.807, 2.05) is 17.9 Å². The van der Waals surface area contributed by atoms with Crippen molar-refractivity contribution in [2.45, 2.75) is 53.0 Å². The maximum Gasteiger partial charge on any atom is 0.263 e. The maximum absolute atomic E-state index is 11.8. The van der Waals surface area contributed by atoms with Gasteiger partial charge in [0.2, 0.25) is 0 Å². The quantitative estimate of drug-likeness (QED) is 0.448. The highest BCUT2D eigenvalue weighted by Gasteiger charge is 2.19. The standard InChI is InChI=1S/C14H25N3O/c1-6-8-9-16-13(18)12(10-15)11-17(7-2)14(3,4)5/h11H,6-9H2,1-5H3,(H,16,18)/b12-11-.